The number of hydrogen-bond donors (Lipinski definition) is 1. The Morgan fingerprint density at radius 2 is 1.81 bits per heavy atom. The first-order chi connectivity index (χ1) is 13.2. The zero-order valence-electron chi connectivity index (χ0n) is 14.1. The van der Waals surface area contributed by atoms with Crippen molar-refractivity contribution in [2.75, 3.05) is 11.4 Å². The average Bonchev–Trinajstić information content (AvgIpc) is 3.09. The summed E-state index contributed by atoms with van der Waals surface area (Å²) < 4.78 is 0.868. The fraction of sp³-hybridized carbons (Fsp3) is 0.0952. The van der Waals surface area contributed by atoms with Gasteiger partial charge < -0.3 is 10.2 Å². The highest BCUT2D eigenvalue weighted by Crippen LogP contribution is 2.46. The standard InChI is InChI=1S/C21H13N3O2S/c22-10-14-17(12-6-2-1-3-7-12)18-19(26)13-8-4-5-9-15(13)27-21(18)24-11-16(25)23-20(14)24/h1-9,17H,11H2,(H,23,25). The molecule has 0 aliphatic carbocycles. The molecule has 1 unspecified atom stereocenters. The Kier molecular flexibility index (Phi) is 3.39. The number of amides is 1. The number of benzene rings is 2. The Hall–Kier alpha value is -3.43. The van der Waals surface area contributed by atoms with E-state index in [1.54, 1.807) is 4.90 Å². The van der Waals surface area contributed by atoms with Crippen LogP contribution >= 0.6 is 11.3 Å². The third kappa shape index (κ3) is 2.22. The van der Waals surface area contributed by atoms with E-state index in [0.29, 0.717) is 22.3 Å². The van der Waals surface area contributed by atoms with Gasteiger partial charge >= 0.3 is 0 Å². The molecule has 2 aliphatic heterocycles. The van der Waals surface area contributed by atoms with E-state index in [0.717, 1.165) is 15.3 Å². The van der Waals surface area contributed by atoms with Crippen LogP contribution in [0, 0.1) is 11.3 Å². The number of nitrogens with one attached hydrogen (secondary N) is 1. The molecule has 1 atom stereocenters. The normalized spacial score (nSPS) is 18.1. The van der Waals surface area contributed by atoms with E-state index < -0.39 is 5.92 Å². The van der Waals surface area contributed by atoms with Gasteiger partial charge in [0.15, 0.2) is 5.43 Å². The van der Waals surface area contributed by atoms with Gasteiger partial charge in [-0.1, -0.05) is 42.5 Å². The molecule has 27 heavy (non-hydrogen) atoms. The van der Waals surface area contributed by atoms with Crippen LogP contribution in [0.15, 0.2) is 70.8 Å². The molecule has 1 N–H and O–H groups in total. The van der Waals surface area contributed by atoms with Crippen LogP contribution in [-0.2, 0) is 4.79 Å². The summed E-state index contributed by atoms with van der Waals surface area (Å²) in [7, 11) is 0. The van der Waals surface area contributed by atoms with Crippen LogP contribution in [0.3, 0.4) is 0 Å². The van der Waals surface area contributed by atoms with Crippen molar-refractivity contribution >= 4 is 32.3 Å². The Labute approximate surface area is 158 Å². The van der Waals surface area contributed by atoms with Crippen molar-refractivity contribution in [1.82, 2.24) is 5.32 Å². The fourth-order valence-electron chi connectivity index (χ4n) is 3.82. The molecule has 6 heteroatoms. The Morgan fingerprint density at radius 1 is 1.07 bits per heavy atom. The van der Waals surface area contributed by atoms with Crippen LogP contribution in [0.1, 0.15) is 17.0 Å². The summed E-state index contributed by atoms with van der Waals surface area (Å²) in [6.07, 6.45) is 0. The maximum Gasteiger partial charge on any atom is 0.245 e. The molecular weight excluding hydrogens is 358 g/mol. The van der Waals surface area contributed by atoms with E-state index in [2.05, 4.69) is 11.4 Å². The molecule has 0 radical (unpaired) electrons. The monoisotopic (exact) mass is 371 g/mol. The second-order valence-electron chi connectivity index (χ2n) is 6.50. The van der Waals surface area contributed by atoms with Gasteiger partial charge in [-0.05, 0) is 17.7 Å². The largest absolute Gasteiger partial charge is 0.310 e. The first-order valence-electron chi connectivity index (χ1n) is 8.51. The molecule has 3 heterocycles. The van der Waals surface area contributed by atoms with Crippen LogP contribution in [0.2, 0.25) is 0 Å². The molecule has 5 nitrogen and oxygen atoms in total. The average molecular weight is 371 g/mol. The topological polar surface area (TPSA) is 73.2 Å². The van der Waals surface area contributed by atoms with E-state index in [1.807, 2.05) is 54.6 Å². The number of nitrogens with zero attached hydrogens (tertiary/aromatic N) is 2. The zero-order valence-corrected chi connectivity index (χ0v) is 14.9. The highest BCUT2D eigenvalue weighted by atomic mass is 32.1. The van der Waals surface area contributed by atoms with Gasteiger partial charge in [-0.2, -0.15) is 5.26 Å². The van der Waals surface area contributed by atoms with Crippen molar-refractivity contribution in [2.45, 2.75) is 5.92 Å². The smallest absolute Gasteiger partial charge is 0.245 e. The first kappa shape index (κ1) is 15.8. The molecule has 1 aromatic heterocycles. The lowest BCUT2D eigenvalue weighted by Crippen LogP contribution is -2.32. The van der Waals surface area contributed by atoms with Crippen LogP contribution in [0.5, 0.6) is 0 Å². The van der Waals surface area contributed by atoms with Crippen molar-refractivity contribution in [1.29, 1.82) is 5.26 Å². The molecule has 0 bridgehead atoms. The van der Waals surface area contributed by atoms with Gasteiger partial charge in [0.05, 0.1) is 17.6 Å². The number of rotatable bonds is 1. The maximum absolute atomic E-state index is 13.4. The van der Waals surface area contributed by atoms with E-state index >= 15 is 0 Å². The molecule has 130 valence electrons. The molecule has 2 aliphatic rings. The second-order valence-corrected chi connectivity index (χ2v) is 7.53. The number of fused-ring (bicyclic) bond motifs is 4. The molecule has 1 fully saturated rings. The molecule has 2 aromatic carbocycles. The Morgan fingerprint density at radius 3 is 2.59 bits per heavy atom. The molecular formula is C21H13N3O2S. The predicted molar refractivity (Wildman–Crippen MR) is 105 cm³/mol. The van der Waals surface area contributed by atoms with E-state index in [-0.39, 0.29) is 17.9 Å². The third-order valence-electron chi connectivity index (χ3n) is 4.97. The summed E-state index contributed by atoms with van der Waals surface area (Å²) in [6.45, 7) is 0.114. The number of carbonyl (C=O) groups is 1. The summed E-state index contributed by atoms with van der Waals surface area (Å²) >= 11 is 1.48. The van der Waals surface area contributed by atoms with E-state index in [4.69, 9.17) is 0 Å². The highest BCUT2D eigenvalue weighted by Gasteiger charge is 2.41. The fourth-order valence-corrected chi connectivity index (χ4v) is 5.04. The Bertz CT molecular complexity index is 1240. The van der Waals surface area contributed by atoms with Gasteiger partial charge in [0, 0.05) is 15.6 Å². The third-order valence-corrected chi connectivity index (χ3v) is 6.18. The van der Waals surface area contributed by atoms with Crippen LogP contribution in [0.4, 0.5) is 5.00 Å². The first-order valence-corrected chi connectivity index (χ1v) is 9.33. The van der Waals surface area contributed by atoms with Crippen molar-refractivity contribution in [3.05, 3.63) is 87.3 Å². The van der Waals surface area contributed by atoms with Gasteiger partial charge in [-0.15, -0.1) is 11.3 Å². The van der Waals surface area contributed by atoms with Crippen molar-refractivity contribution in [3.63, 3.8) is 0 Å². The van der Waals surface area contributed by atoms with Crippen LogP contribution < -0.4 is 15.6 Å². The van der Waals surface area contributed by atoms with Crippen molar-refractivity contribution in [3.8, 4) is 6.07 Å². The van der Waals surface area contributed by atoms with E-state index in [9.17, 15) is 14.9 Å². The number of carbonyl (C=O) groups excluding carboxylic acids is 1. The number of anilines is 1. The number of allylic oxidation sites excluding steroid dienone is 1. The minimum Gasteiger partial charge on any atom is -0.310 e. The molecule has 3 aromatic rings. The zero-order chi connectivity index (χ0) is 18.5. The van der Waals surface area contributed by atoms with Crippen molar-refractivity contribution < 1.29 is 4.79 Å². The lowest BCUT2D eigenvalue weighted by atomic mass is 9.83. The lowest BCUT2D eigenvalue weighted by Gasteiger charge is -2.31. The lowest BCUT2D eigenvalue weighted by molar-refractivity contribution is -0.117. The SMILES string of the molecule is N#CC1=C2NC(=O)CN2c2sc3ccccc3c(=O)c2C1c1ccccc1. The molecule has 0 saturated carbocycles. The van der Waals surface area contributed by atoms with Gasteiger partial charge in [0.1, 0.15) is 17.4 Å². The van der Waals surface area contributed by atoms with E-state index in [1.165, 1.54) is 11.3 Å². The van der Waals surface area contributed by atoms with Crippen LogP contribution in [-0.4, -0.2) is 12.5 Å². The highest BCUT2D eigenvalue weighted by molar-refractivity contribution is 7.22. The second kappa shape index (κ2) is 5.79. The van der Waals surface area contributed by atoms with Gasteiger partial charge in [-0.25, -0.2) is 0 Å². The Balaban J connectivity index is 1.91. The minimum atomic E-state index is -0.496. The number of hydrogen-bond acceptors (Lipinski definition) is 5. The molecule has 1 saturated heterocycles. The van der Waals surface area contributed by atoms with Crippen molar-refractivity contribution in [2.24, 2.45) is 0 Å². The summed E-state index contributed by atoms with van der Waals surface area (Å²) in [5, 5.41) is 14.1. The molecule has 0 spiro atoms. The van der Waals surface area contributed by atoms with Gasteiger partial charge in [0.25, 0.3) is 0 Å². The summed E-state index contributed by atoms with van der Waals surface area (Å²) in [5.41, 5.74) is 1.75. The number of nitriles is 1. The van der Waals surface area contributed by atoms with Gasteiger partial charge in [-0.3, -0.25) is 9.59 Å². The quantitative estimate of drug-likeness (QED) is 0.713. The minimum absolute atomic E-state index is 0.0839. The molecule has 5 rings (SSSR count). The van der Waals surface area contributed by atoms with Crippen LogP contribution in [0.25, 0.3) is 10.1 Å². The summed E-state index contributed by atoms with van der Waals surface area (Å²) in [6, 6.07) is 19.2. The molecule has 1 amide bonds. The summed E-state index contributed by atoms with van der Waals surface area (Å²) in [4.78, 5) is 27.3. The predicted octanol–water partition coefficient (Wildman–Crippen LogP) is 3.08. The maximum atomic E-state index is 13.4. The summed E-state index contributed by atoms with van der Waals surface area (Å²) in [5.74, 6) is -0.177. The van der Waals surface area contributed by atoms with Gasteiger partial charge in [0.2, 0.25) is 5.91 Å².